The molecule has 0 spiro atoms. The van der Waals surface area contributed by atoms with E-state index in [1.807, 2.05) is 0 Å². The van der Waals surface area contributed by atoms with Crippen molar-refractivity contribution < 1.29 is 8.91 Å². The molecule has 0 fully saturated rings. The SMILES string of the molecule is C/C(N)=C/C(=NCc1cccnc1F)c1ccon1. The second-order valence-electron chi connectivity index (χ2n) is 3.93. The van der Waals surface area contributed by atoms with Crippen LogP contribution >= 0.6 is 0 Å². The highest BCUT2D eigenvalue weighted by Gasteiger charge is 2.06. The molecule has 0 saturated carbocycles. The summed E-state index contributed by atoms with van der Waals surface area (Å²) in [6.45, 7) is 1.89. The molecule has 0 aliphatic heterocycles. The van der Waals surface area contributed by atoms with Crippen LogP contribution in [0.15, 0.2) is 51.9 Å². The van der Waals surface area contributed by atoms with E-state index < -0.39 is 5.95 Å². The first kappa shape index (κ1) is 12.9. The molecular weight excluding hydrogens is 247 g/mol. The maximum atomic E-state index is 13.4. The number of halogens is 1. The summed E-state index contributed by atoms with van der Waals surface area (Å²) in [5.41, 5.74) is 7.71. The van der Waals surface area contributed by atoms with Crippen LogP contribution in [0.5, 0.6) is 0 Å². The molecule has 0 radical (unpaired) electrons. The Labute approximate surface area is 109 Å². The molecule has 0 amide bonds. The predicted molar refractivity (Wildman–Crippen MR) is 68.9 cm³/mol. The van der Waals surface area contributed by atoms with Gasteiger partial charge in [0.05, 0.1) is 12.3 Å². The Kier molecular flexibility index (Phi) is 4.02. The van der Waals surface area contributed by atoms with E-state index in [1.54, 1.807) is 31.2 Å². The van der Waals surface area contributed by atoms with Gasteiger partial charge in [-0.05, 0) is 19.1 Å². The van der Waals surface area contributed by atoms with Crippen molar-refractivity contribution in [2.24, 2.45) is 10.7 Å². The normalized spacial score (nSPS) is 12.7. The second kappa shape index (κ2) is 5.90. The molecule has 19 heavy (non-hydrogen) atoms. The van der Waals surface area contributed by atoms with Gasteiger partial charge in [0.1, 0.15) is 12.0 Å². The third kappa shape index (κ3) is 3.48. The van der Waals surface area contributed by atoms with Crippen molar-refractivity contribution in [2.75, 3.05) is 0 Å². The van der Waals surface area contributed by atoms with E-state index in [0.29, 0.717) is 22.7 Å². The number of hydrogen-bond acceptors (Lipinski definition) is 5. The van der Waals surface area contributed by atoms with E-state index >= 15 is 0 Å². The Morgan fingerprint density at radius 1 is 1.53 bits per heavy atom. The number of allylic oxidation sites excluding steroid dienone is 2. The molecule has 0 bridgehead atoms. The summed E-state index contributed by atoms with van der Waals surface area (Å²) in [5.74, 6) is -0.529. The van der Waals surface area contributed by atoms with Crippen LogP contribution in [0.1, 0.15) is 18.2 Å². The first-order valence-electron chi connectivity index (χ1n) is 5.65. The van der Waals surface area contributed by atoms with Crippen molar-refractivity contribution >= 4 is 5.71 Å². The molecule has 0 aliphatic carbocycles. The molecule has 98 valence electrons. The second-order valence-corrected chi connectivity index (χ2v) is 3.93. The maximum absolute atomic E-state index is 13.4. The average Bonchev–Trinajstić information content (AvgIpc) is 2.89. The Morgan fingerprint density at radius 2 is 2.37 bits per heavy atom. The third-order valence-corrected chi connectivity index (χ3v) is 2.32. The quantitative estimate of drug-likeness (QED) is 0.674. The van der Waals surface area contributed by atoms with Gasteiger partial charge in [-0.15, -0.1) is 0 Å². The lowest BCUT2D eigenvalue weighted by Crippen LogP contribution is -2.03. The number of rotatable bonds is 4. The van der Waals surface area contributed by atoms with Gasteiger partial charge in [0.2, 0.25) is 5.95 Å². The predicted octanol–water partition coefficient (Wildman–Crippen LogP) is 2.06. The molecule has 2 N–H and O–H groups in total. The smallest absolute Gasteiger partial charge is 0.217 e. The Morgan fingerprint density at radius 3 is 3.00 bits per heavy atom. The number of hydrogen-bond donors (Lipinski definition) is 1. The van der Waals surface area contributed by atoms with Crippen molar-refractivity contribution in [3.05, 3.63) is 59.6 Å². The molecule has 2 rings (SSSR count). The summed E-state index contributed by atoms with van der Waals surface area (Å²) in [7, 11) is 0. The standard InChI is InChI=1S/C13H13FN4O/c1-9(15)7-12(11-4-6-19-18-11)17-8-10-3-2-5-16-13(10)14/h2-7H,8,15H2,1H3/b9-7-,17-12?. The van der Waals surface area contributed by atoms with Crippen molar-refractivity contribution in [1.82, 2.24) is 10.1 Å². The molecule has 0 atom stereocenters. The number of pyridine rings is 1. The van der Waals surface area contributed by atoms with Gasteiger partial charge in [0, 0.05) is 23.5 Å². The van der Waals surface area contributed by atoms with Crippen LogP contribution in [0.25, 0.3) is 0 Å². The van der Waals surface area contributed by atoms with Crippen LogP contribution in [0, 0.1) is 5.95 Å². The Bertz CT molecular complexity index is 601. The van der Waals surface area contributed by atoms with E-state index in [2.05, 4.69) is 15.1 Å². The summed E-state index contributed by atoms with van der Waals surface area (Å²) < 4.78 is 18.2. The van der Waals surface area contributed by atoms with Crippen LogP contribution in [0.4, 0.5) is 4.39 Å². The number of aromatic nitrogens is 2. The van der Waals surface area contributed by atoms with Gasteiger partial charge >= 0.3 is 0 Å². The van der Waals surface area contributed by atoms with Crippen molar-refractivity contribution in [3.8, 4) is 0 Å². The van der Waals surface area contributed by atoms with Gasteiger partial charge in [-0.3, -0.25) is 4.99 Å². The maximum Gasteiger partial charge on any atom is 0.217 e. The van der Waals surface area contributed by atoms with Crippen molar-refractivity contribution in [1.29, 1.82) is 0 Å². The van der Waals surface area contributed by atoms with Crippen LogP contribution in [0.3, 0.4) is 0 Å². The largest absolute Gasteiger partial charge is 0.402 e. The minimum absolute atomic E-state index is 0.158. The van der Waals surface area contributed by atoms with Crippen molar-refractivity contribution in [3.63, 3.8) is 0 Å². The third-order valence-electron chi connectivity index (χ3n) is 2.32. The highest BCUT2D eigenvalue weighted by molar-refractivity contribution is 6.07. The van der Waals surface area contributed by atoms with Crippen molar-refractivity contribution in [2.45, 2.75) is 13.5 Å². The topological polar surface area (TPSA) is 77.3 Å². The molecule has 0 aliphatic rings. The molecule has 0 aromatic carbocycles. The zero-order chi connectivity index (χ0) is 13.7. The zero-order valence-electron chi connectivity index (χ0n) is 10.4. The first-order chi connectivity index (χ1) is 9.16. The molecule has 2 aromatic rings. The number of nitrogens with two attached hydrogens (primary N) is 1. The number of nitrogens with zero attached hydrogens (tertiary/aromatic N) is 3. The Hall–Kier alpha value is -2.50. The molecule has 6 heteroatoms. The van der Waals surface area contributed by atoms with Crippen LogP contribution in [0.2, 0.25) is 0 Å². The van der Waals surface area contributed by atoms with Gasteiger partial charge < -0.3 is 10.3 Å². The first-order valence-corrected chi connectivity index (χ1v) is 5.65. The van der Waals surface area contributed by atoms with Crippen LogP contribution in [-0.2, 0) is 6.54 Å². The van der Waals surface area contributed by atoms with Gasteiger partial charge in [0.25, 0.3) is 0 Å². The highest BCUT2D eigenvalue weighted by Crippen LogP contribution is 2.08. The average molecular weight is 260 g/mol. The fourth-order valence-electron chi connectivity index (χ4n) is 1.47. The lowest BCUT2D eigenvalue weighted by atomic mass is 10.2. The summed E-state index contributed by atoms with van der Waals surface area (Å²) in [6.07, 6.45) is 4.49. The molecule has 5 nitrogen and oxygen atoms in total. The van der Waals surface area contributed by atoms with E-state index in [1.165, 1.54) is 12.5 Å². The van der Waals surface area contributed by atoms with E-state index in [0.717, 1.165) is 0 Å². The zero-order valence-corrected chi connectivity index (χ0v) is 10.4. The molecule has 2 heterocycles. The Balaban J connectivity index is 2.27. The van der Waals surface area contributed by atoms with Gasteiger partial charge in [-0.1, -0.05) is 11.2 Å². The summed E-state index contributed by atoms with van der Waals surface area (Å²) in [5, 5.41) is 3.79. The summed E-state index contributed by atoms with van der Waals surface area (Å²) in [6, 6.07) is 4.96. The van der Waals surface area contributed by atoms with Crippen LogP contribution < -0.4 is 5.73 Å². The molecular formula is C13H13FN4O. The lowest BCUT2D eigenvalue weighted by Gasteiger charge is -2.00. The highest BCUT2D eigenvalue weighted by atomic mass is 19.1. The fraction of sp³-hybridized carbons (Fsp3) is 0.154. The minimum Gasteiger partial charge on any atom is -0.402 e. The monoisotopic (exact) mass is 260 g/mol. The summed E-state index contributed by atoms with van der Waals surface area (Å²) >= 11 is 0. The minimum atomic E-state index is -0.529. The molecule has 2 aromatic heterocycles. The summed E-state index contributed by atoms with van der Waals surface area (Å²) in [4.78, 5) is 7.87. The molecule has 0 saturated heterocycles. The van der Waals surface area contributed by atoms with Gasteiger partial charge in [-0.2, -0.15) is 4.39 Å². The fourth-order valence-corrected chi connectivity index (χ4v) is 1.47. The molecule has 0 unspecified atom stereocenters. The van der Waals surface area contributed by atoms with Gasteiger partial charge in [0.15, 0.2) is 0 Å². The van der Waals surface area contributed by atoms with Crippen LogP contribution in [-0.4, -0.2) is 15.9 Å². The van der Waals surface area contributed by atoms with E-state index in [-0.39, 0.29) is 6.54 Å². The number of aliphatic imine (C=N–C) groups is 1. The van der Waals surface area contributed by atoms with E-state index in [9.17, 15) is 4.39 Å². The van der Waals surface area contributed by atoms with Gasteiger partial charge in [-0.25, -0.2) is 4.98 Å². The van der Waals surface area contributed by atoms with E-state index in [4.69, 9.17) is 10.3 Å². The lowest BCUT2D eigenvalue weighted by molar-refractivity contribution is 0.418.